The van der Waals surface area contributed by atoms with Crippen LogP contribution in [0.3, 0.4) is 0 Å². The molecule has 2 N–H and O–H groups in total. The first kappa shape index (κ1) is 22.7. The summed E-state index contributed by atoms with van der Waals surface area (Å²) in [6.45, 7) is 0. The molecule has 6 nitrogen and oxygen atoms in total. The van der Waals surface area contributed by atoms with Gasteiger partial charge in [-0.05, 0) is 36.2 Å². The fraction of sp³-hybridized carbons (Fsp3) is 0.0800. The Kier molecular flexibility index (Phi) is 6.86. The fourth-order valence-corrected chi connectivity index (χ4v) is 5.25. The van der Waals surface area contributed by atoms with Gasteiger partial charge in [0.1, 0.15) is 16.4 Å². The van der Waals surface area contributed by atoms with Gasteiger partial charge in [0.25, 0.3) is 10.0 Å². The van der Waals surface area contributed by atoms with Crippen molar-refractivity contribution >= 4 is 27.5 Å². The molecule has 0 spiro atoms. The Hall–Kier alpha value is -3.49. The summed E-state index contributed by atoms with van der Waals surface area (Å²) in [6, 6.07) is 25.7. The number of aryl methyl sites for hydroxylation is 1. The number of hydrogen-bond acceptors (Lipinski definition) is 6. The summed E-state index contributed by atoms with van der Waals surface area (Å²) < 4.78 is 33.5. The van der Waals surface area contributed by atoms with Gasteiger partial charge in [0.05, 0.1) is 10.6 Å². The molecule has 1 heterocycles. The molecule has 3 aromatic carbocycles. The van der Waals surface area contributed by atoms with Gasteiger partial charge in [-0.1, -0.05) is 60.7 Å². The number of anilines is 1. The number of nitrogens with one attached hydrogen (secondary N) is 1. The summed E-state index contributed by atoms with van der Waals surface area (Å²) >= 11 is 1.22. The third-order valence-electron chi connectivity index (χ3n) is 4.86. The normalized spacial score (nSPS) is 11.3. The van der Waals surface area contributed by atoms with Gasteiger partial charge in [0, 0.05) is 17.4 Å². The first-order chi connectivity index (χ1) is 15.9. The molecule has 0 saturated carbocycles. The van der Waals surface area contributed by atoms with Crippen LogP contribution in [-0.4, -0.2) is 19.3 Å². The van der Waals surface area contributed by atoms with Crippen LogP contribution in [-0.2, 0) is 16.4 Å². The average Bonchev–Trinajstić information content (AvgIpc) is 2.82. The van der Waals surface area contributed by atoms with E-state index in [1.165, 1.54) is 30.0 Å². The molecule has 0 aliphatic rings. The largest absolute Gasteiger partial charge is 0.506 e. The maximum atomic E-state index is 12.8. The van der Waals surface area contributed by atoms with Crippen LogP contribution in [0.15, 0.2) is 110 Å². The standard InChI is InChI=1S/C25H21NO5S2/c27-22-17-23(31-25(28)24(22)32-16-15-18-9-3-1-4-10-18)20-13-7-8-14-21(20)26-33(29,30)19-11-5-2-6-12-19/h1-14,17,26-27H,15-16H2. The molecular weight excluding hydrogens is 458 g/mol. The van der Waals surface area contributed by atoms with Gasteiger partial charge in [-0.3, -0.25) is 4.72 Å². The quantitative estimate of drug-likeness (QED) is 0.339. The molecule has 8 heteroatoms. The van der Waals surface area contributed by atoms with Gasteiger partial charge in [0.15, 0.2) is 0 Å². The van der Waals surface area contributed by atoms with E-state index >= 15 is 0 Å². The van der Waals surface area contributed by atoms with Gasteiger partial charge in [-0.25, -0.2) is 13.2 Å². The molecule has 0 atom stereocenters. The smallest absolute Gasteiger partial charge is 0.353 e. The zero-order valence-electron chi connectivity index (χ0n) is 17.5. The molecule has 0 bridgehead atoms. The molecule has 0 radical (unpaired) electrons. The molecule has 0 unspecified atom stereocenters. The second-order valence-corrected chi connectivity index (χ2v) is 9.95. The zero-order chi connectivity index (χ0) is 23.3. The summed E-state index contributed by atoms with van der Waals surface area (Å²) in [7, 11) is -3.85. The number of para-hydroxylation sites is 1. The molecule has 33 heavy (non-hydrogen) atoms. The SMILES string of the molecule is O=c1oc(-c2ccccc2NS(=O)(=O)c2ccccc2)cc(O)c1SCCc1ccccc1. The van der Waals surface area contributed by atoms with E-state index in [9.17, 15) is 18.3 Å². The second-order valence-electron chi connectivity index (χ2n) is 7.16. The van der Waals surface area contributed by atoms with Crippen LogP contribution in [0, 0.1) is 0 Å². The molecular formula is C25H21NO5S2. The third-order valence-corrected chi connectivity index (χ3v) is 7.31. The lowest BCUT2D eigenvalue weighted by Gasteiger charge is -2.13. The van der Waals surface area contributed by atoms with Crippen LogP contribution >= 0.6 is 11.8 Å². The van der Waals surface area contributed by atoms with Crippen molar-refractivity contribution in [3.8, 4) is 17.1 Å². The number of benzene rings is 3. The van der Waals surface area contributed by atoms with Gasteiger partial charge < -0.3 is 9.52 Å². The van der Waals surface area contributed by atoms with Crippen molar-refractivity contribution in [3.05, 3.63) is 107 Å². The molecule has 0 aliphatic carbocycles. The van der Waals surface area contributed by atoms with Crippen molar-refractivity contribution in [2.24, 2.45) is 0 Å². The topological polar surface area (TPSA) is 96.6 Å². The minimum absolute atomic E-state index is 0.0660. The maximum absolute atomic E-state index is 12.8. The summed E-state index contributed by atoms with van der Waals surface area (Å²) in [5.74, 6) is 0.450. The lowest BCUT2D eigenvalue weighted by molar-refractivity contribution is 0.430. The lowest BCUT2D eigenvalue weighted by atomic mass is 10.1. The Balaban J connectivity index is 1.58. The lowest BCUT2D eigenvalue weighted by Crippen LogP contribution is -2.13. The highest BCUT2D eigenvalue weighted by Crippen LogP contribution is 2.34. The number of aromatic hydroxyl groups is 1. The first-order valence-corrected chi connectivity index (χ1v) is 12.6. The minimum atomic E-state index is -3.85. The molecule has 168 valence electrons. The zero-order valence-corrected chi connectivity index (χ0v) is 19.1. The van der Waals surface area contributed by atoms with Crippen LogP contribution in [0.4, 0.5) is 5.69 Å². The van der Waals surface area contributed by atoms with E-state index < -0.39 is 15.6 Å². The Morgan fingerprint density at radius 1 is 0.879 bits per heavy atom. The van der Waals surface area contributed by atoms with E-state index in [1.807, 2.05) is 30.3 Å². The second kappa shape index (κ2) is 9.97. The van der Waals surface area contributed by atoms with Crippen molar-refractivity contribution in [2.45, 2.75) is 16.2 Å². The molecule has 1 aromatic heterocycles. The highest BCUT2D eigenvalue weighted by molar-refractivity contribution is 7.99. The Morgan fingerprint density at radius 2 is 1.52 bits per heavy atom. The molecule has 0 aliphatic heterocycles. The van der Waals surface area contributed by atoms with Crippen LogP contribution < -0.4 is 10.3 Å². The van der Waals surface area contributed by atoms with E-state index in [-0.39, 0.29) is 27.0 Å². The predicted molar refractivity (Wildman–Crippen MR) is 130 cm³/mol. The van der Waals surface area contributed by atoms with E-state index in [0.29, 0.717) is 11.3 Å². The minimum Gasteiger partial charge on any atom is -0.506 e. The number of sulfonamides is 1. The number of hydrogen-bond donors (Lipinski definition) is 2. The summed E-state index contributed by atoms with van der Waals surface area (Å²) in [6.07, 6.45) is 0.732. The fourth-order valence-electron chi connectivity index (χ4n) is 3.24. The summed E-state index contributed by atoms with van der Waals surface area (Å²) in [5.41, 5.74) is 1.02. The van der Waals surface area contributed by atoms with Gasteiger partial charge in [0.2, 0.25) is 0 Å². The van der Waals surface area contributed by atoms with Crippen molar-refractivity contribution in [3.63, 3.8) is 0 Å². The molecule has 0 saturated heterocycles. The van der Waals surface area contributed by atoms with E-state index in [1.54, 1.807) is 42.5 Å². The van der Waals surface area contributed by atoms with Gasteiger partial charge in [-0.2, -0.15) is 0 Å². The van der Waals surface area contributed by atoms with E-state index in [0.717, 1.165) is 12.0 Å². The van der Waals surface area contributed by atoms with Gasteiger partial charge in [-0.15, -0.1) is 11.8 Å². The Morgan fingerprint density at radius 3 is 2.21 bits per heavy atom. The van der Waals surface area contributed by atoms with Crippen LogP contribution in [0.1, 0.15) is 5.56 Å². The predicted octanol–water partition coefficient (Wildman–Crippen LogP) is 5.15. The summed E-state index contributed by atoms with van der Waals surface area (Å²) in [5, 5.41) is 10.5. The monoisotopic (exact) mass is 479 g/mol. The van der Waals surface area contributed by atoms with Crippen LogP contribution in [0.5, 0.6) is 5.75 Å². The Bertz CT molecular complexity index is 1400. The highest BCUT2D eigenvalue weighted by atomic mass is 32.2. The van der Waals surface area contributed by atoms with Crippen LogP contribution in [0.2, 0.25) is 0 Å². The van der Waals surface area contributed by atoms with Crippen molar-refractivity contribution in [2.75, 3.05) is 10.5 Å². The molecule has 4 aromatic rings. The number of rotatable bonds is 8. The number of thioether (sulfide) groups is 1. The average molecular weight is 480 g/mol. The molecule has 4 rings (SSSR count). The summed E-state index contributed by atoms with van der Waals surface area (Å²) in [4.78, 5) is 12.8. The van der Waals surface area contributed by atoms with Crippen molar-refractivity contribution < 1.29 is 17.9 Å². The van der Waals surface area contributed by atoms with E-state index in [2.05, 4.69) is 4.72 Å². The van der Waals surface area contributed by atoms with Crippen molar-refractivity contribution in [1.82, 2.24) is 0 Å². The maximum Gasteiger partial charge on any atom is 0.353 e. The highest BCUT2D eigenvalue weighted by Gasteiger charge is 2.19. The van der Waals surface area contributed by atoms with E-state index in [4.69, 9.17) is 4.42 Å². The molecule has 0 fully saturated rings. The van der Waals surface area contributed by atoms with Crippen molar-refractivity contribution in [1.29, 1.82) is 0 Å². The first-order valence-electron chi connectivity index (χ1n) is 10.1. The van der Waals surface area contributed by atoms with Gasteiger partial charge >= 0.3 is 5.63 Å². The van der Waals surface area contributed by atoms with Crippen LogP contribution in [0.25, 0.3) is 11.3 Å². The molecule has 0 amide bonds. The third kappa shape index (κ3) is 5.47. The Labute approximate surface area is 196 Å².